The Morgan fingerprint density at radius 1 is 1.50 bits per heavy atom. The summed E-state index contributed by atoms with van der Waals surface area (Å²) < 4.78 is 4.93. The van der Waals surface area contributed by atoms with Gasteiger partial charge in [-0.3, -0.25) is 4.79 Å². The van der Waals surface area contributed by atoms with E-state index in [9.17, 15) is 9.90 Å². The quantitative estimate of drug-likeness (QED) is 0.365. The molecule has 0 fully saturated rings. The van der Waals surface area contributed by atoms with Gasteiger partial charge in [0, 0.05) is 5.75 Å². The first kappa shape index (κ1) is 15.7. The van der Waals surface area contributed by atoms with E-state index in [0.29, 0.717) is 17.9 Å². The number of aliphatic hydroxyl groups is 2. The summed E-state index contributed by atoms with van der Waals surface area (Å²) in [6.07, 6.45) is -0.220. The maximum absolute atomic E-state index is 10.4. The standard InChI is InChI=1S/C9H19NO5S/c10-8(9(13)14)1-4-16-6-7(12)5-15-3-2-11/h7-8,11-12H,1-6,10H2,(H,13,14). The second-order valence-electron chi connectivity index (χ2n) is 3.26. The SMILES string of the molecule is NC(CCSCC(O)COCCO)C(=O)O. The van der Waals surface area contributed by atoms with Gasteiger partial charge < -0.3 is 25.8 Å². The predicted molar refractivity (Wildman–Crippen MR) is 61.5 cm³/mol. The zero-order valence-electron chi connectivity index (χ0n) is 9.04. The molecule has 7 heteroatoms. The Hall–Kier alpha value is -0.340. The average molecular weight is 253 g/mol. The lowest BCUT2D eigenvalue weighted by Crippen LogP contribution is -2.30. The van der Waals surface area contributed by atoms with Crippen LogP contribution in [-0.2, 0) is 9.53 Å². The van der Waals surface area contributed by atoms with Gasteiger partial charge in [-0.2, -0.15) is 11.8 Å². The number of thioether (sulfide) groups is 1. The molecule has 0 aromatic rings. The van der Waals surface area contributed by atoms with Crippen LogP contribution in [0.5, 0.6) is 0 Å². The lowest BCUT2D eigenvalue weighted by Gasteiger charge is -2.11. The Bertz CT molecular complexity index is 193. The smallest absolute Gasteiger partial charge is 0.320 e. The number of rotatable bonds is 10. The lowest BCUT2D eigenvalue weighted by atomic mass is 10.2. The molecule has 96 valence electrons. The highest BCUT2D eigenvalue weighted by molar-refractivity contribution is 7.99. The minimum Gasteiger partial charge on any atom is -0.480 e. The van der Waals surface area contributed by atoms with Crippen molar-refractivity contribution >= 4 is 17.7 Å². The van der Waals surface area contributed by atoms with Gasteiger partial charge >= 0.3 is 5.97 Å². The summed E-state index contributed by atoms with van der Waals surface area (Å²) in [5, 5.41) is 26.3. The van der Waals surface area contributed by atoms with Crippen LogP contribution in [0.3, 0.4) is 0 Å². The predicted octanol–water partition coefficient (Wildman–Crippen LogP) is -1.11. The molecule has 0 amide bonds. The van der Waals surface area contributed by atoms with Crippen LogP contribution in [0.2, 0.25) is 0 Å². The molecule has 0 heterocycles. The second kappa shape index (κ2) is 9.86. The molecule has 16 heavy (non-hydrogen) atoms. The van der Waals surface area contributed by atoms with E-state index in [-0.39, 0.29) is 19.8 Å². The normalized spacial score (nSPS) is 14.7. The summed E-state index contributed by atoms with van der Waals surface area (Å²) in [6.45, 7) is 0.331. The van der Waals surface area contributed by atoms with Crippen molar-refractivity contribution in [1.29, 1.82) is 0 Å². The minimum absolute atomic E-state index is 0.0622. The molecule has 0 aliphatic carbocycles. The third-order valence-electron chi connectivity index (χ3n) is 1.75. The van der Waals surface area contributed by atoms with Gasteiger partial charge in [-0.05, 0) is 12.2 Å². The molecule has 5 N–H and O–H groups in total. The summed E-state index contributed by atoms with van der Waals surface area (Å²) in [5.41, 5.74) is 5.30. The van der Waals surface area contributed by atoms with E-state index in [0.717, 1.165) is 0 Å². The van der Waals surface area contributed by atoms with Gasteiger partial charge in [0.25, 0.3) is 0 Å². The summed E-state index contributed by atoms with van der Waals surface area (Å²) in [5.74, 6) is 0.0508. The Labute approximate surface area is 98.8 Å². The van der Waals surface area contributed by atoms with Crippen molar-refractivity contribution < 1.29 is 24.9 Å². The average Bonchev–Trinajstić information content (AvgIpc) is 2.24. The maximum Gasteiger partial charge on any atom is 0.320 e. The third-order valence-corrected chi connectivity index (χ3v) is 2.89. The van der Waals surface area contributed by atoms with Crippen molar-refractivity contribution in [3.05, 3.63) is 0 Å². The largest absolute Gasteiger partial charge is 0.480 e. The molecule has 0 radical (unpaired) electrons. The van der Waals surface area contributed by atoms with Gasteiger partial charge in [-0.25, -0.2) is 0 Å². The molecule has 6 nitrogen and oxygen atoms in total. The van der Waals surface area contributed by atoms with E-state index >= 15 is 0 Å². The number of ether oxygens (including phenoxy) is 1. The van der Waals surface area contributed by atoms with Crippen LogP contribution in [-0.4, -0.2) is 64.8 Å². The first-order valence-electron chi connectivity index (χ1n) is 5.00. The first-order chi connectivity index (χ1) is 7.57. The molecular weight excluding hydrogens is 234 g/mol. The number of aliphatic carboxylic acids is 1. The number of hydrogen-bond acceptors (Lipinski definition) is 6. The molecule has 0 aromatic heterocycles. The van der Waals surface area contributed by atoms with E-state index in [1.165, 1.54) is 11.8 Å². The zero-order chi connectivity index (χ0) is 12.4. The van der Waals surface area contributed by atoms with Crippen molar-refractivity contribution in [3.63, 3.8) is 0 Å². The first-order valence-corrected chi connectivity index (χ1v) is 6.16. The van der Waals surface area contributed by atoms with Crippen LogP contribution >= 0.6 is 11.8 Å². The summed E-state index contributed by atoms with van der Waals surface area (Å²) >= 11 is 1.43. The molecule has 0 aliphatic heterocycles. The van der Waals surface area contributed by atoms with Crippen molar-refractivity contribution in [3.8, 4) is 0 Å². The lowest BCUT2D eigenvalue weighted by molar-refractivity contribution is -0.138. The van der Waals surface area contributed by atoms with Gasteiger partial charge in [-0.15, -0.1) is 0 Å². The summed E-state index contributed by atoms with van der Waals surface area (Å²) in [6, 6.07) is -0.838. The van der Waals surface area contributed by atoms with Crippen molar-refractivity contribution in [2.45, 2.75) is 18.6 Å². The van der Waals surface area contributed by atoms with Crippen LogP contribution in [0.15, 0.2) is 0 Å². The molecule has 0 saturated heterocycles. The molecule has 0 bridgehead atoms. The van der Waals surface area contributed by atoms with Crippen LogP contribution in [0, 0.1) is 0 Å². The number of nitrogens with two attached hydrogens (primary N) is 1. The van der Waals surface area contributed by atoms with Gasteiger partial charge in [0.2, 0.25) is 0 Å². The van der Waals surface area contributed by atoms with E-state index in [1.807, 2.05) is 0 Å². The third kappa shape index (κ3) is 8.93. The molecule has 0 aliphatic rings. The van der Waals surface area contributed by atoms with Crippen LogP contribution in [0.25, 0.3) is 0 Å². The van der Waals surface area contributed by atoms with Crippen molar-refractivity contribution in [2.75, 3.05) is 31.3 Å². The highest BCUT2D eigenvalue weighted by Gasteiger charge is 2.11. The van der Waals surface area contributed by atoms with Gasteiger partial charge in [0.15, 0.2) is 0 Å². The summed E-state index contributed by atoms with van der Waals surface area (Å²) in [7, 11) is 0. The topological polar surface area (TPSA) is 113 Å². The zero-order valence-corrected chi connectivity index (χ0v) is 9.86. The summed E-state index contributed by atoms with van der Waals surface area (Å²) in [4.78, 5) is 10.4. The second-order valence-corrected chi connectivity index (χ2v) is 4.41. The number of carboxylic acid groups (broad SMARTS) is 1. The number of aliphatic hydroxyl groups excluding tert-OH is 2. The number of hydrogen-bond donors (Lipinski definition) is 4. The fourth-order valence-electron chi connectivity index (χ4n) is 0.885. The van der Waals surface area contributed by atoms with Crippen molar-refractivity contribution in [2.24, 2.45) is 5.73 Å². The monoisotopic (exact) mass is 253 g/mol. The van der Waals surface area contributed by atoms with Crippen LogP contribution in [0.4, 0.5) is 0 Å². The number of carbonyl (C=O) groups is 1. The van der Waals surface area contributed by atoms with Gasteiger partial charge in [0.05, 0.1) is 25.9 Å². The van der Waals surface area contributed by atoms with E-state index in [4.69, 9.17) is 20.7 Å². The fraction of sp³-hybridized carbons (Fsp3) is 0.889. The maximum atomic E-state index is 10.4. The highest BCUT2D eigenvalue weighted by Crippen LogP contribution is 2.06. The van der Waals surface area contributed by atoms with Crippen LogP contribution < -0.4 is 5.73 Å². The Balaban J connectivity index is 3.33. The Kier molecular flexibility index (Phi) is 9.65. The van der Waals surface area contributed by atoms with E-state index < -0.39 is 18.1 Å². The molecular formula is C9H19NO5S. The molecule has 2 atom stereocenters. The molecule has 2 unspecified atom stereocenters. The van der Waals surface area contributed by atoms with Crippen molar-refractivity contribution in [1.82, 2.24) is 0 Å². The van der Waals surface area contributed by atoms with Gasteiger partial charge in [0.1, 0.15) is 6.04 Å². The van der Waals surface area contributed by atoms with E-state index in [1.54, 1.807) is 0 Å². The number of carboxylic acids is 1. The minimum atomic E-state index is -1.01. The van der Waals surface area contributed by atoms with Gasteiger partial charge in [-0.1, -0.05) is 0 Å². The highest BCUT2D eigenvalue weighted by atomic mass is 32.2. The molecule has 0 rings (SSSR count). The molecule has 0 spiro atoms. The molecule has 0 saturated carbocycles. The Morgan fingerprint density at radius 3 is 2.75 bits per heavy atom. The van der Waals surface area contributed by atoms with Crippen LogP contribution in [0.1, 0.15) is 6.42 Å². The van der Waals surface area contributed by atoms with E-state index in [2.05, 4.69) is 0 Å². The fourth-order valence-corrected chi connectivity index (χ4v) is 1.84. The Morgan fingerprint density at radius 2 is 2.19 bits per heavy atom. The molecule has 0 aromatic carbocycles.